The second kappa shape index (κ2) is 5.16. The number of hydrogen-bond donors (Lipinski definition) is 2. The van der Waals surface area contributed by atoms with Crippen molar-refractivity contribution in [3.63, 3.8) is 0 Å². The molecule has 0 aliphatic heterocycles. The highest BCUT2D eigenvalue weighted by molar-refractivity contribution is 7.89. The summed E-state index contributed by atoms with van der Waals surface area (Å²) in [6.07, 6.45) is 1.87. The van der Waals surface area contributed by atoms with Crippen molar-refractivity contribution in [1.82, 2.24) is 5.32 Å². The Morgan fingerprint density at radius 2 is 2.10 bits per heavy atom. The van der Waals surface area contributed by atoms with E-state index in [0.717, 1.165) is 12.8 Å². The van der Waals surface area contributed by atoms with E-state index < -0.39 is 10.0 Å². The number of hydrogen-bond acceptors (Lipinski definition) is 4. The molecule has 0 spiro atoms. The Kier molecular flexibility index (Phi) is 3.86. The molecule has 0 saturated heterocycles. The van der Waals surface area contributed by atoms with E-state index in [4.69, 9.17) is 9.88 Å². The quantitative estimate of drug-likeness (QED) is 0.838. The molecular weight excluding hydrogens is 280 g/mol. The lowest BCUT2D eigenvalue weighted by Gasteiger charge is -2.13. The van der Waals surface area contributed by atoms with Crippen LogP contribution in [-0.2, 0) is 21.4 Å². The van der Waals surface area contributed by atoms with Crippen LogP contribution in [0.15, 0.2) is 23.1 Å². The van der Waals surface area contributed by atoms with Gasteiger partial charge in [-0.3, -0.25) is 4.79 Å². The lowest BCUT2D eigenvalue weighted by molar-refractivity contribution is 0.0935. The van der Waals surface area contributed by atoms with E-state index in [2.05, 4.69) is 5.32 Å². The van der Waals surface area contributed by atoms with Gasteiger partial charge in [0.05, 0.1) is 11.5 Å². The summed E-state index contributed by atoms with van der Waals surface area (Å²) in [6, 6.07) is 4.42. The van der Waals surface area contributed by atoms with Gasteiger partial charge in [0.2, 0.25) is 10.0 Å². The normalized spacial score (nSPS) is 16.8. The first-order chi connectivity index (χ1) is 9.25. The van der Waals surface area contributed by atoms with Crippen LogP contribution in [0.4, 0.5) is 0 Å². The smallest absolute Gasteiger partial charge is 0.251 e. The largest absolute Gasteiger partial charge is 0.380 e. The Morgan fingerprint density at radius 3 is 2.60 bits per heavy atom. The minimum atomic E-state index is -3.90. The van der Waals surface area contributed by atoms with Crippen LogP contribution in [0.5, 0.6) is 0 Å². The second-order valence-corrected chi connectivity index (χ2v) is 6.85. The zero-order valence-corrected chi connectivity index (χ0v) is 12.3. The first kappa shape index (κ1) is 15.0. The van der Waals surface area contributed by atoms with E-state index in [1.165, 1.54) is 13.2 Å². The molecule has 3 N–H and O–H groups in total. The Balaban J connectivity index is 2.34. The summed E-state index contributed by atoms with van der Waals surface area (Å²) in [7, 11) is -2.44. The maximum Gasteiger partial charge on any atom is 0.251 e. The Hall–Kier alpha value is -1.44. The number of carbonyl (C=O) groups excluding carboxylic acids is 1. The topological polar surface area (TPSA) is 98.5 Å². The molecule has 2 rings (SSSR count). The molecule has 6 nitrogen and oxygen atoms in total. The fraction of sp³-hybridized carbons (Fsp3) is 0.462. The molecule has 0 radical (unpaired) electrons. The number of benzene rings is 1. The Labute approximate surface area is 118 Å². The fourth-order valence-corrected chi connectivity index (χ4v) is 2.68. The summed E-state index contributed by atoms with van der Waals surface area (Å²) < 4.78 is 28.1. The summed E-state index contributed by atoms with van der Waals surface area (Å²) >= 11 is 0. The first-order valence-electron chi connectivity index (χ1n) is 6.22. The van der Waals surface area contributed by atoms with Crippen LogP contribution in [0, 0.1) is 0 Å². The average Bonchev–Trinajstić information content (AvgIpc) is 3.06. The third-order valence-corrected chi connectivity index (χ3v) is 4.34. The zero-order chi connectivity index (χ0) is 15.0. The molecule has 0 aromatic heterocycles. The number of primary sulfonamides is 1. The minimum Gasteiger partial charge on any atom is -0.380 e. The van der Waals surface area contributed by atoms with Crippen molar-refractivity contribution in [1.29, 1.82) is 0 Å². The van der Waals surface area contributed by atoms with Crippen LogP contribution in [-0.4, -0.2) is 27.0 Å². The third-order valence-electron chi connectivity index (χ3n) is 3.35. The number of ether oxygens (including phenoxy) is 1. The van der Waals surface area contributed by atoms with Crippen molar-refractivity contribution >= 4 is 15.9 Å². The minimum absolute atomic E-state index is 0.0760. The molecule has 1 aromatic carbocycles. The van der Waals surface area contributed by atoms with Gasteiger partial charge in [0.15, 0.2) is 0 Å². The Bertz CT molecular complexity index is 636. The van der Waals surface area contributed by atoms with Crippen molar-refractivity contribution < 1.29 is 17.9 Å². The molecule has 1 saturated carbocycles. The summed E-state index contributed by atoms with van der Waals surface area (Å²) in [5.41, 5.74) is 0.551. The zero-order valence-electron chi connectivity index (χ0n) is 11.5. The van der Waals surface area contributed by atoms with E-state index in [-0.39, 0.29) is 28.5 Å². The van der Waals surface area contributed by atoms with Gasteiger partial charge in [-0.2, -0.15) is 0 Å². The summed E-state index contributed by atoms with van der Waals surface area (Å²) in [4.78, 5) is 12.0. The molecule has 20 heavy (non-hydrogen) atoms. The molecule has 1 aromatic rings. The van der Waals surface area contributed by atoms with Gasteiger partial charge in [-0.1, -0.05) is 6.07 Å². The maximum atomic E-state index is 12.1. The number of methoxy groups -OCH3 is 1. The first-order valence-corrected chi connectivity index (χ1v) is 7.77. The highest BCUT2D eigenvalue weighted by Crippen LogP contribution is 2.34. The standard InChI is InChI=1S/C13H18N2O4S/c1-13(5-6-13)15-12(16)9-3-4-10(8-19-2)11(7-9)20(14,17)18/h3-4,7H,5-6,8H2,1-2H3,(H,15,16)(H2,14,17,18). The Morgan fingerprint density at radius 1 is 1.45 bits per heavy atom. The SMILES string of the molecule is COCc1ccc(C(=O)NC2(C)CC2)cc1S(N)(=O)=O. The number of sulfonamides is 1. The molecule has 1 aliphatic carbocycles. The van der Waals surface area contributed by atoms with Crippen molar-refractivity contribution in [3.8, 4) is 0 Å². The van der Waals surface area contributed by atoms with Gasteiger partial charge >= 0.3 is 0 Å². The molecule has 1 aliphatic rings. The van der Waals surface area contributed by atoms with E-state index in [1.807, 2.05) is 6.92 Å². The summed E-state index contributed by atoms with van der Waals surface area (Å²) in [5, 5.41) is 8.05. The maximum absolute atomic E-state index is 12.1. The van der Waals surface area contributed by atoms with Crippen molar-refractivity contribution in [2.24, 2.45) is 5.14 Å². The third kappa shape index (κ3) is 3.36. The van der Waals surface area contributed by atoms with E-state index in [1.54, 1.807) is 12.1 Å². The molecule has 110 valence electrons. The van der Waals surface area contributed by atoms with Crippen LogP contribution in [0.3, 0.4) is 0 Å². The number of amides is 1. The number of carbonyl (C=O) groups is 1. The van der Waals surface area contributed by atoms with Crippen LogP contribution in [0.25, 0.3) is 0 Å². The molecule has 0 atom stereocenters. The number of nitrogens with one attached hydrogen (secondary N) is 1. The monoisotopic (exact) mass is 298 g/mol. The lowest BCUT2D eigenvalue weighted by atomic mass is 10.1. The fourth-order valence-electron chi connectivity index (χ4n) is 1.89. The molecule has 1 fully saturated rings. The van der Waals surface area contributed by atoms with Gasteiger partial charge in [-0.25, -0.2) is 13.6 Å². The molecule has 7 heteroatoms. The van der Waals surface area contributed by atoms with Crippen molar-refractivity contribution in [3.05, 3.63) is 29.3 Å². The van der Waals surface area contributed by atoms with Gasteiger partial charge in [-0.15, -0.1) is 0 Å². The predicted molar refractivity (Wildman–Crippen MR) is 73.6 cm³/mol. The highest BCUT2D eigenvalue weighted by atomic mass is 32.2. The van der Waals surface area contributed by atoms with Crippen molar-refractivity contribution in [2.45, 2.75) is 36.8 Å². The van der Waals surface area contributed by atoms with Gasteiger partial charge < -0.3 is 10.1 Å². The molecular formula is C13H18N2O4S. The predicted octanol–water partition coefficient (Wildman–Crippen LogP) is 0.763. The van der Waals surface area contributed by atoms with Gasteiger partial charge in [0.25, 0.3) is 5.91 Å². The van der Waals surface area contributed by atoms with E-state index in [9.17, 15) is 13.2 Å². The average molecular weight is 298 g/mol. The van der Waals surface area contributed by atoms with Crippen LogP contribution < -0.4 is 10.5 Å². The molecule has 0 unspecified atom stereocenters. The molecule has 1 amide bonds. The van der Waals surface area contributed by atoms with Crippen LogP contribution in [0.1, 0.15) is 35.7 Å². The van der Waals surface area contributed by atoms with Gasteiger partial charge in [-0.05, 0) is 37.5 Å². The lowest BCUT2D eigenvalue weighted by Crippen LogP contribution is -2.34. The number of nitrogens with two attached hydrogens (primary N) is 1. The summed E-state index contributed by atoms with van der Waals surface area (Å²) in [5.74, 6) is -0.293. The molecule has 0 heterocycles. The highest BCUT2D eigenvalue weighted by Gasteiger charge is 2.38. The van der Waals surface area contributed by atoms with Crippen LogP contribution >= 0.6 is 0 Å². The van der Waals surface area contributed by atoms with Gasteiger partial charge in [0.1, 0.15) is 0 Å². The number of rotatable bonds is 5. The molecule has 0 bridgehead atoms. The second-order valence-electron chi connectivity index (χ2n) is 5.32. The summed E-state index contributed by atoms with van der Waals surface area (Å²) in [6.45, 7) is 2.07. The van der Waals surface area contributed by atoms with Crippen LogP contribution in [0.2, 0.25) is 0 Å². The van der Waals surface area contributed by atoms with Gasteiger partial charge in [0, 0.05) is 18.2 Å². The van der Waals surface area contributed by atoms with E-state index in [0.29, 0.717) is 5.56 Å². The van der Waals surface area contributed by atoms with E-state index >= 15 is 0 Å². The van der Waals surface area contributed by atoms with Crippen molar-refractivity contribution in [2.75, 3.05) is 7.11 Å².